The molecule has 8 heteroatoms. The number of sulfonamides is 1. The van der Waals surface area contributed by atoms with E-state index in [1.807, 2.05) is 6.92 Å². The second-order valence-electron chi connectivity index (χ2n) is 5.92. The van der Waals surface area contributed by atoms with Gasteiger partial charge in [-0.3, -0.25) is 4.79 Å². The molecule has 0 saturated carbocycles. The molecule has 0 aromatic heterocycles. The van der Waals surface area contributed by atoms with Gasteiger partial charge < -0.3 is 15.2 Å². The Kier molecular flexibility index (Phi) is 5.84. The highest BCUT2D eigenvalue weighted by molar-refractivity contribution is 7.89. The van der Waals surface area contributed by atoms with E-state index in [9.17, 15) is 18.3 Å². The summed E-state index contributed by atoms with van der Waals surface area (Å²) >= 11 is 0. The third-order valence-electron chi connectivity index (χ3n) is 4.04. The summed E-state index contributed by atoms with van der Waals surface area (Å²) < 4.78 is 32.3. The highest BCUT2D eigenvalue weighted by atomic mass is 32.2. The van der Waals surface area contributed by atoms with E-state index in [1.165, 1.54) is 23.5 Å². The first-order chi connectivity index (χ1) is 11.3. The van der Waals surface area contributed by atoms with Gasteiger partial charge in [-0.05, 0) is 31.9 Å². The molecule has 1 aliphatic heterocycles. The lowest BCUT2D eigenvalue weighted by Gasteiger charge is -2.38. The minimum Gasteiger partial charge on any atom is -0.494 e. The molecule has 0 spiro atoms. The first-order valence-electron chi connectivity index (χ1n) is 7.97. The Labute approximate surface area is 142 Å². The van der Waals surface area contributed by atoms with Crippen LogP contribution in [0.3, 0.4) is 0 Å². The molecule has 2 N–H and O–H groups in total. The molecule has 134 valence electrons. The zero-order chi connectivity index (χ0) is 17.8. The van der Waals surface area contributed by atoms with Gasteiger partial charge in [-0.25, -0.2) is 8.42 Å². The number of benzene rings is 1. The molecule has 24 heavy (non-hydrogen) atoms. The van der Waals surface area contributed by atoms with Crippen molar-refractivity contribution in [3.8, 4) is 5.75 Å². The van der Waals surface area contributed by atoms with Crippen LogP contribution in [0.5, 0.6) is 5.75 Å². The lowest BCUT2D eigenvalue weighted by molar-refractivity contribution is -0.127. The Bertz CT molecular complexity index is 691. The molecule has 1 saturated heterocycles. The van der Waals surface area contributed by atoms with Crippen LogP contribution in [0.1, 0.15) is 26.2 Å². The van der Waals surface area contributed by atoms with Gasteiger partial charge in [-0.1, -0.05) is 6.07 Å². The summed E-state index contributed by atoms with van der Waals surface area (Å²) in [6.45, 7) is 2.49. The van der Waals surface area contributed by atoms with E-state index in [0.29, 0.717) is 31.7 Å². The van der Waals surface area contributed by atoms with Crippen molar-refractivity contribution in [1.29, 1.82) is 0 Å². The summed E-state index contributed by atoms with van der Waals surface area (Å²) in [4.78, 5) is 11.7. The van der Waals surface area contributed by atoms with Crippen molar-refractivity contribution in [2.45, 2.75) is 36.7 Å². The molecule has 0 bridgehead atoms. The van der Waals surface area contributed by atoms with Crippen LogP contribution in [0.15, 0.2) is 29.2 Å². The SMILES string of the molecule is CCOc1cccc(S(=O)(=O)N2CCCC(O)(CC(=O)NC)C2)c1. The van der Waals surface area contributed by atoms with E-state index in [2.05, 4.69) is 5.32 Å². The summed E-state index contributed by atoms with van der Waals surface area (Å²) in [6, 6.07) is 6.30. The van der Waals surface area contributed by atoms with Crippen molar-refractivity contribution in [3.63, 3.8) is 0 Å². The van der Waals surface area contributed by atoms with Crippen molar-refractivity contribution in [2.75, 3.05) is 26.7 Å². The Morgan fingerprint density at radius 3 is 2.88 bits per heavy atom. The molecule has 1 aromatic carbocycles. The predicted octanol–water partition coefficient (Wildman–Crippen LogP) is 0.737. The maximum atomic E-state index is 12.8. The standard InChI is InChI=1S/C16H24N2O5S/c1-3-23-13-6-4-7-14(10-13)24(21,22)18-9-5-8-16(20,12-18)11-15(19)17-2/h4,6-7,10,20H,3,5,8-9,11-12H2,1-2H3,(H,17,19). The van der Waals surface area contributed by atoms with Crippen molar-refractivity contribution in [3.05, 3.63) is 24.3 Å². The number of β-amino-alcohol motifs (C(OH)–C–C–N with tert-alkyl or cyclic N) is 1. The molecular formula is C16H24N2O5S. The zero-order valence-corrected chi connectivity index (χ0v) is 14.8. The van der Waals surface area contributed by atoms with E-state index >= 15 is 0 Å². The topological polar surface area (TPSA) is 95.9 Å². The van der Waals surface area contributed by atoms with Gasteiger partial charge in [0.2, 0.25) is 15.9 Å². The van der Waals surface area contributed by atoms with E-state index in [0.717, 1.165) is 0 Å². The van der Waals surface area contributed by atoms with Crippen LogP contribution in [0.25, 0.3) is 0 Å². The molecule has 1 aliphatic rings. The van der Waals surface area contributed by atoms with E-state index in [-0.39, 0.29) is 23.8 Å². The lowest BCUT2D eigenvalue weighted by atomic mass is 9.90. The van der Waals surface area contributed by atoms with Crippen molar-refractivity contribution in [1.82, 2.24) is 9.62 Å². The molecule has 0 radical (unpaired) electrons. The Balaban J connectivity index is 2.22. The molecule has 1 aromatic rings. The molecule has 7 nitrogen and oxygen atoms in total. The number of aliphatic hydroxyl groups is 1. The maximum absolute atomic E-state index is 12.8. The molecule has 1 atom stereocenters. The van der Waals surface area contributed by atoms with Crippen LogP contribution in [0, 0.1) is 0 Å². The first kappa shape index (κ1) is 18.7. The molecular weight excluding hydrogens is 332 g/mol. The molecule has 1 amide bonds. The van der Waals surface area contributed by atoms with Crippen LogP contribution in [-0.2, 0) is 14.8 Å². The summed E-state index contributed by atoms with van der Waals surface area (Å²) in [5.74, 6) is 0.172. The molecule has 1 unspecified atom stereocenters. The minimum absolute atomic E-state index is 0.0956. The van der Waals surface area contributed by atoms with Gasteiger partial charge in [0, 0.05) is 26.2 Å². The van der Waals surface area contributed by atoms with Crippen LogP contribution in [-0.4, -0.2) is 56.1 Å². The van der Waals surface area contributed by atoms with Gasteiger partial charge in [-0.2, -0.15) is 4.31 Å². The summed E-state index contributed by atoms with van der Waals surface area (Å²) in [7, 11) is -2.27. The zero-order valence-electron chi connectivity index (χ0n) is 14.0. The number of nitrogens with one attached hydrogen (secondary N) is 1. The number of nitrogens with zero attached hydrogens (tertiary/aromatic N) is 1. The average molecular weight is 356 g/mol. The maximum Gasteiger partial charge on any atom is 0.243 e. The first-order valence-corrected chi connectivity index (χ1v) is 9.41. The van der Waals surface area contributed by atoms with E-state index in [4.69, 9.17) is 4.74 Å². The number of piperidine rings is 1. The molecule has 2 rings (SSSR count). The van der Waals surface area contributed by atoms with Gasteiger partial charge in [0.15, 0.2) is 0 Å². The summed E-state index contributed by atoms with van der Waals surface area (Å²) in [5.41, 5.74) is -1.34. The molecule has 1 heterocycles. The number of rotatable bonds is 6. The van der Waals surface area contributed by atoms with E-state index < -0.39 is 15.6 Å². The largest absolute Gasteiger partial charge is 0.494 e. The van der Waals surface area contributed by atoms with Gasteiger partial charge in [-0.15, -0.1) is 0 Å². The number of hydrogen-bond donors (Lipinski definition) is 2. The van der Waals surface area contributed by atoms with Gasteiger partial charge in [0.1, 0.15) is 5.75 Å². The van der Waals surface area contributed by atoms with Crippen molar-refractivity contribution in [2.24, 2.45) is 0 Å². The number of ether oxygens (including phenoxy) is 1. The Hall–Kier alpha value is -1.64. The van der Waals surface area contributed by atoms with Crippen LogP contribution < -0.4 is 10.1 Å². The van der Waals surface area contributed by atoms with Crippen LogP contribution >= 0.6 is 0 Å². The van der Waals surface area contributed by atoms with Gasteiger partial charge >= 0.3 is 0 Å². The normalized spacial score (nSPS) is 22.1. The third-order valence-corrected chi connectivity index (χ3v) is 5.88. The molecule has 1 fully saturated rings. The van der Waals surface area contributed by atoms with E-state index in [1.54, 1.807) is 12.1 Å². The monoisotopic (exact) mass is 356 g/mol. The number of hydrogen-bond acceptors (Lipinski definition) is 5. The van der Waals surface area contributed by atoms with Gasteiger partial charge in [0.25, 0.3) is 0 Å². The summed E-state index contributed by atoms with van der Waals surface area (Å²) in [6.07, 6.45) is 0.776. The molecule has 0 aliphatic carbocycles. The van der Waals surface area contributed by atoms with Crippen molar-refractivity contribution >= 4 is 15.9 Å². The second-order valence-corrected chi connectivity index (χ2v) is 7.86. The number of carbonyl (C=O) groups is 1. The number of carbonyl (C=O) groups excluding carboxylic acids is 1. The third kappa shape index (κ3) is 4.25. The van der Waals surface area contributed by atoms with Gasteiger partial charge in [0.05, 0.1) is 23.5 Å². The van der Waals surface area contributed by atoms with Crippen LogP contribution in [0.2, 0.25) is 0 Å². The number of amides is 1. The predicted molar refractivity (Wildman–Crippen MR) is 89.2 cm³/mol. The smallest absolute Gasteiger partial charge is 0.243 e. The fraction of sp³-hybridized carbons (Fsp3) is 0.562. The Morgan fingerprint density at radius 2 is 2.21 bits per heavy atom. The fourth-order valence-electron chi connectivity index (χ4n) is 2.85. The average Bonchev–Trinajstić information content (AvgIpc) is 2.55. The fourth-order valence-corrected chi connectivity index (χ4v) is 4.44. The summed E-state index contributed by atoms with van der Waals surface area (Å²) in [5, 5.41) is 13.1. The highest BCUT2D eigenvalue weighted by Gasteiger charge is 2.40. The lowest BCUT2D eigenvalue weighted by Crippen LogP contribution is -2.51. The Morgan fingerprint density at radius 1 is 1.46 bits per heavy atom. The quantitative estimate of drug-likeness (QED) is 0.784. The van der Waals surface area contributed by atoms with Crippen LogP contribution in [0.4, 0.5) is 0 Å². The second kappa shape index (κ2) is 7.50. The van der Waals surface area contributed by atoms with Crippen molar-refractivity contribution < 1.29 is 23.1 Å². The minimum atomic E-state index is -3.75. The highest BCUT2D eigenvalue weighted by Crippen LogP contribution is 2.29.